The van der Waals surface area contributed by atoms with Crippen molar-refractivity contribution in [3.05, 3.63) is 54.1 Å². The predicted octanol–water partition coefficient (Wildman–Crippen LogP) is -1.94. The quantitative estimate of drug-likeness (QED) is 0.0279. The zero-order chi connectivity index (χ0) is 45.8. The van der Waals surface area contributed by atoms with E-state index < -0.39 is 89.8 Å². The first-order chi connectivity index (χ1) is 28.7. The van der Waals surface area contributed by atoms with Crippen LogP contribution >= 0.6 is 0 Å². The van der Waals surface area contributed by atoms with E-state index in [1.54, 1.807) is 44.2 Å². The number of benzene rings is 1. The molecule has 1 aromatic heterocycles. The summed E-state index contributed by atoms with van der Waals surface area (Å²) in [6.45, 7) is 9.95. The number of nitrogens with one attached hydrogen (secondary N) is 7. The van der Waals surface area contributed by atoms with Crippen LogP contribution in [0.4, 0.5) is 0 Å². The molecule has 61 heavy (non-hydrogen) atoms. The third-order valence-electron chi connectivity index (χ3n) is 9.30. The molecule has 0 unspecified atom stereocenters. The van der Waals surface area contributed by atoms with Crippen molar-refractivity contribution in [3.8, 4) is 0 Å². The van der Waals surface area contributed by atoms with Gasteiger partial charge >= 0.3 is 5.97 Å². The molecule has 0 radical (unpaired) electrons. The van der Waals surface area contributed by atoms with Crippen LogP contribution in [0.3, 0.4) is 0 Å². The Kier molecular flexibility index (Phi) is 21.4. The number of carbonyl (C=O) groups excluding carboxylic acids is 6. The SMILES string of the molecule is CC(C)C[C@H](NC(=O)[C@H](Cc1ccccc1)NC(=O)[C@H](N)Cc1cnc[nH]1)C(=O)N[C@H](C(=O)N[C@@H](CC(C)C)C(=O)N[C@@H](C)C(=O)N[C@@H](CCCN=C(N)N)C(=O)O)[C@@H](C)O. The molecule has 0 spiro atoms. The third kappa shape index (κ3) is 18.8. The lowest BCUT2D eigenvalue weighted by Crippen LogP contribution is -2.62. The molecule has 0 aliphatic rings. The van der Waals surface area contributed by atoms with Gasteiger partial charge in [-0.05, 0) is 56.9 Å². The maximum atomic E-state index is 13.9. The molecule has 6 amide bonds. The summed E-state index contributed by atoms with van der Waals surface area (Å²) in [5, 5.41) is 35.6. The van der Waals surface area contributed by atoms with Crippen LogP contribution in [0, 0.1) is 11.8 Å². The van der Waals surface area contributed by atoms with Gasteiger partial charge < -0.3 is 64.3 Å². The van der Waals surface area contributed by atoms with E-state index in [9.17, 15) is 43.8 Å². The van der Waals surface area contributed by atoms with Gasteiger partial charge in [-0.1, -0.05) is 58.0 Å². The number of aliphatic imine (C=N–C) groups is 1. The number of carboxylic acid groups (broad SMARTS) is 1. The van der Waals surface area contributed by atoms with Gasteiger partial charge in [-0.15, -0.1) is 0 Å². The number of H-pyrrole nitrogens is 1. The highest BCUT2D eigenvalue weighted by atomic mass is 16.4. The van der Waals surface area contributed by atoms with Crippen molar-refractivity contribution in [1.29, 1.82) is 0 Å². The molecular weight excluding hydrogens is 793 g/mol. The fourth-order valence-corrected chi connectivity index (χ4v) is 6.10. The topological polar surface area (TPSA) is 351 Å². The van der Waals surface area contributed by atoms with Gasteiger partial charge in [-0.3, -0.25) is 33.8 Å². The Morgan fingerprint density at radius 2 is 1.25 bits per heavy atom. The van der Waals surface area contributed by atoms with Crippen LogP contribution in [0.2, 0.25) is 0 Å². The second-order valence-electron chi connectivity index (χ2n) is 15.8. The number of aliphatic hydroxyl groups is 1. The Bertz CT molecular complexity index is 1770. The summed E-state index contributed by atoms with van der Waals surface area (Å²) in [5.41, 5.74) is 18.1. The van der Waals surface area contributed by atoms with Crippen molar-refractivity contribution in [2.75, 3.05) is 6.54 Å². The lowest BCUT2D eigenvalue weighted by atomic mass is 9.99. The normalized spacial score (nSPS) is 15.1. The summed E-state index contributed by atoms with van der Waals surface area (Å²) in [5.74, 6) is -6.39. The number of hydrogen-bond acceptors (Lipinski definition) is 11. The number of aromatic amines is 1. The minimum Gasteiger partial charge on any atom is -0.480 e. The summed E-state index contributed by atoms with van der Waals surface area (Å²) in [7, 11) is 0. The maximum Gasteiger partial charge on any atom is 0.326 e. The number of amides is 6. The molecule has 0 fully saturated rings. The molecule has 0 aliphatic carbocycles. The standard InChI is InChI=1S/C40H64N12O9/c1-21(2)15-29(35(56)47-23(5)33(54)48-28(39(60)61)13-10-14-45-40(42)43)51-38(59)32(24(6)53)52-37(58)30(16-22(3)4)50-36(57)31(17-25-11-8-7-9-12-25)49-34(55)27(41)18-26-19-44-20-46-26/h7-9,11-12,19-24,27-32,53H,10,13-18,41H2,1-6H3,(H,44,46)(H,47,56)(H,48,54)(H,49,55)(H,50,57)(H,51,59)(H,52,58)(H,60,61)(H4,42,43,45)/t23-,24+,27+,28-,29-,30-,31-,32-/m0/s1. The number of nitrogens with two attached hydrogens (primary N) is 3. The van der Waals surface area contributed by atoms with E-state index in [0.717, 1.165) is 5.56 Å². The molecule has 21 nitrogen and oxygen atoms in total. The number of nitrogens with zero attached hydrogens (tertiary/aromatic N) is 2. The van der Waals surface area contributed by atoms with Gasteiger partial charge in [0.25, 0.3) is 0 Å². The van der Waals surface area contributed by atoms with Crippen molar-refractivity contribution in [2.24, 2.45) is 34.0 Å². The molecule has 2 rings (SSSR count). The Morgan fingerprint density at radius 1 is 0.705 bits per heavy atom. The van der Waals surface area contributed by atoms with Crippen molar-refractivity contribution in [2.45, 2.75) is 128 Å². The van der Waals surface area contributed by atoms with E-state index in [1.807, 2.05) is 13.8 Å². The van der Waals surface area contributed by atoms with Crippen molar-refractivity contribution in [3.63, 3.8) is 0 Å². The molecule has 1 heterocycles. The van der Waals surface area contributed by atoms with Gasteiger partial charge in [0.1, 0.15) is 36.3 Å². The first-order valence-electron chi connectivity index (χ1n) is 20.2. The van der Waals surface area contributed by atoms with Gasteiger partial charge in [-0.25, -0.2) is 9.78 Å². The van der Waals surface area contributed by atoms with Crippen molar-refractivity contribution >= 4 is 47.4 Å². The summed E-state index contributed by atoms with van der Waals surface area (Å²) < 4.78 is 0. The second kappa shape index (κ2) is 25.5. The number of aromatic nitrogens is 2. The first kappa shape index (κ1) is 51.1. The maximum absolute atomic E-state index is 13.9. The summed E-state index contributed by atoms with van der Waals surface area (Å²) in [6, 6.07) is 0.113. The van der Waals surface area contributed by atoms with E-state index in [-0.39, 0.29) is 62.9 Å². The summed E-state index contributed by atoms with van der Waals surface area (Å²) in [6.07, 6.45) is 2.13. The molecule has 0 saturated heterocycles. The minimum absolute atomic E-state index is 0.00550. The van der Waals surface area contributed by atoms with Gasteiger partial charge in [0, 0.05) is 31.3 Å². The van der Waals surface area contributed by atoms with Crippen LogP contribution in [-0.2, 0) is 46.4 Å². The lowest BCUT2D eigenvalue weighted by Gasteiger charge is -2.29. The van der Waals surface area contributed by atoms with Gasteiger partial charge in [0.2, 0.25) is 35.4 Å². The van der Waals surface area contributed by atoms with Crippen LogP contribution in [-0.4, -0.2) is 122 Å². The van der Waals surface area contributed by atoms with E-state index >= 15 is 0 Å². The van der Waals surface area contributed by atoms with Crippen molar-refractivity contribution < 1.29 is 43.8 Å². The molecular formula is C40H64N12O9. The van der Waals surface area contributed by atoms with Crippen LogP contribution < -0.4 is 49.1 Å². The van der Waals surface area contributed by atoms with E-state index in [1.165, 1.54) is 26.4 Å². The van der Waals surface area contributed by atoms with E-state index in [0.29, 0.717) is 5.69 Å². The highest BCUT2D eigenvalue weighted by molar-refractivity contribution is 5.97. The van der Waals surface area contributed by atoms with Crippen LogP contribution in [0.5, 0.6) is 0 Å². The monoisotopic (exact) mass is 856 g/mol. The van der Waals surface area contributed by atoms with Crippen molar-refractivity contribution in [1.82, 2.24) is 41.9 Å². The fourth-order valence-electron chi connectivity index (χ4n) is 6.10. The Balaban J connectivity index is 2.22. The highest BCUT2D eigenvalue weighted by Gasteiger charge is 2.35. The number of guanidine groups is 1. The number of imidazole rings is 1. The lowest BCUT2D eigenvalue weighted by molar-refractivity contribution is -0.142. The van der Waals surface area contributed by atoms with E-state index in [2.05, 4.69) is 46.9 Å². The molecule has 0 saturated carbocycles. The van der Waals surface area contributed by atoms with Crippen LogP contribution in [0.1, 0.15) is 78.5 Å². The van der Waals surface area contributed by atoms with Gasteiger partial charge in [0.15, 0.2) is 5.96 Å². The van der Waals surface area contributed by atoms with Crippen LogP contribution in [0.15, 0.2) is 47.8 Å². The number of carboxylic acids is 1. The Morgan fingerprint density at radius 3 is 1.77 bits per heavy atom. The molecule has 8 atom stereocenters. The third-order valence-corrected chi connectivity index (χ3v) is 9.30. The van der Waals surface area contributed by atoms with Gasteiger partial charge in [0.05, 0.1) is 18.5 Å². The zero-order valence-corrected chi connectivity index (χ0v) is 35.6. The summed E-state index contributed by atoms with van der Waals surface area (Å²) in [4.78, 5) is 103. The Hall–Kier alpha value is -6.09. The molecule has 15 N–H and O–H groups in total. The number of hydrogen-bond donors (Lipinski definition) is 12. The number of carbonyl (C=O) groups is 7. The van der Waals surface area contributed by atoms with Gasteiger partial charge in [-0.2, -0.15) is 0 Å². The molecule has 1 aromatic carbocycles. The molecule has 0 bridgehead atoms. The minimum atomic E-state index is -1.60. The number of aliphatic carboxylic acids is 1. The highest BCUT2D eigenvalue weighted by Crippen LogP contribution is 2.11. The molecule has 2 aromatic rings. The summed E-state index contributed by atoms with van der Waals surface area (Å²) >= 11 is 0. The predicted molar refractivity (Wildman–Crippen MR) is 226 cm³/mol. The Labute approximate surface area is 355 Å². The smallest absolute Gasteiger partial charge is 0.326 e. The fraction of sp³-hybridized carbons (Fsp3) is 0.575. The molecule has 21 heteroatoms. The first-order valence-corrected chi connectivity index (χ1v) is 20.2. The van der Waals surface area contributed by atoms with Crippen LogP contribution in [0.25, 0.3) is 0 Å². The molecule has 338 valence electrons. The number of rotatable bonds is 26. The number of aliphatic hydroxyl groups excluding tert-OH is 1. The average molecular weight is 857 g/mol. The average Bonchev–Trinajstić information content (AvgIpc) is 3.69. The second-order valence-corrected chi connectivity index (χ2v) is 15.8. The largest absolute Gasteiger partial charge is 0.480 e. The van der Waals surface area contributed by atoms with E-state index in [4.69, 9.17) is 17.2 Å². The molecule has 0 aliphatic heterocycles. The zero-order valence-electron chi connectivity index (χ0n) is 35.6.